The molecule has 0 amide bonds. The lowest BCUT2D eigenvalue weighted by atomic mass is 10.1. The van der Waals surface area contributed by atoms with E-state index in [4.69, 9.17) is 9.47 Å². The second kappa shape index (κ2) is 7.93. The molecule has 7 heteroatoms. The minimum absolute atomic E-state index is 0.0478. The van der Waals surface area contributed by atoms with Gasteiger partial charge in [-0.05, 0) is 24.9 Å². The highest BCUT2D eigenvalue weighted by Gasteiger charge is 2.43. The van der Waals surface area contributed by atoms with Crippen LogP contribution in [0.3, 0.4) is 0 Å². The molecule has 6 nitrogen and oxygen atoms in total. The Morgan fingerprint density at radius 3 is 2.79 bits per heavy atom. The van der Waals surface area contributed by atoms with E-state index in [9.17, 15) is 8.42 Å². The average molecular weight is 354 g/mol. The van der Waals surface area contributed by atoms with Gasteiger partial charge in [0, 0.05) is 19.2 Å². The van der Waals surface area contributed by atoms with Crippen LogP contribution in [0.1, 0.15) is 18.4 Å². The van der Waals surface area contributed by atoms with Gasteiger partial charge in [0.25, 0.3) is 0 Å². The Hall–Kier alpha value is -0.990. The smallest absolute Gasteiger partial charge is 0.213 e. The minimum Gasteiger partial charge on any atom is -0.383 e. The van der Waals surface area contributed by atoms with Gasteiger partial charge in [-0.15, -0.1) is 0 Å². The molecule has 2 aliphatic heterocycles. The fourth-order valence-electron chi connectivity index (χ4n) is 3.71. The van der Waals surface area contributed by atoms with Gasteiger partial charge in [0.05, 0.1) is 31.6 Å². The molecule has 1 N–H and O–H groups in total. The van der Waals surface area contributed by atoms with Crippen molar-refractivity contribution in [3.63, 3.8) is 0 Å². The lowest BCUT2D eigenvalue weighted by Crippen LogP contribution is -2.50. The number of likely N-dealkylation sites (tertiary alicyclic amines) is 1. The first-order chi connectivity index (χ1) is 11.6. The van der Waals surface area contributed by atoms with Crippen LogP contribution in [0.15, 0.2) is 30.3 Å². The number of hydrogen-bond donors (Lipinski definition) is 1. The third kappa shape index (κ3) is 4.34. The molecular weight excluding hydrogens is 328 g/mol. The van der Waals surface area contributed by atoms with Gasteiger partial charge in [-0.3, -0.25) is 4.90 Å². The highest BCUT2D eigenvalue weighted by atomic mass is 32.2. The molecule has 2 aliphatic rings. The third-order valence-electron chi connectivity index (χ3n) is 4.80. The first-order valence-corrected chi connectivity index (χ1v) is 10.1. The highest BCUT2D eigenvalue weighted by molar-refractivity contribution is 7.89. The summed E-state index contributed by atoms with van der Waals surface area (Å²) in [6.07, 6.45) is 2.14. The van der Waals surface area contributed by atoms with E-state index in [1.807, 2.05) is 30.3 Å². The lowest BCUT2D eigenvalue weighted by Gasteiger charge is -2.32. The summed E-state index contributed by atoms with van der Waals surface area (Å²) in [7, 11) is -1.53. The van der Waals surface area contributed by atoms with Crippen molar-refractivity contribution in [1.82, 2.24) is 9.62 Å². The molecule has 3 atom stereocenters. The van der Waals surface area contributed by atoms with E-state index in [1.54, 1.807) is 7.11 Å². The summed E-state index contributed by atoms with van der Waals surface area (Å²) >= 11 is 0. The summed E-state index contributed by atoms with van der Waals surface area (Å²) in [4.78, 5) is 2.29. The fraction of sp³-hybridized carbons (Fsp3) is 0.647. The molecule has 0 aromatic heterocycles. The maximum absolute atomic E-state index is 12.1. The zero-order valence-corrected chi connectivity index (χ0v) is 14.9. The van der Waals surface area contributed by atoms with Crippen LogP contribution in [0, 0.1) is 0 Å². The van der Waals surface area contributed by atoms with Crippen LogP contribution in [0.4, 0.5) is 0 Å². The molecule has 0 bridgehead atoms. The second-order valence-corrected chi connectivity index (χ2v) is 8.36. The monoisotopic (exact) mass is 354 g/mol. The van der Waals surface area contributed by atoms with Crippen LogP contribution in [0.25, 0.3) is 0 Å². The van der Waals surface area contributed by atoms with Crippen molar-refractivity contribution in [2.75, 3.05) is 32.6 Å². The van der Waals surface area contributed by atoms with Gasteiger partial charge >= 0.3 is 0 Å². The topological polar surface area (TPSA) is 67.9 Å². The number of nitrogens with zero attached hydrogens (tertiary/aromatic N) is 1. The van der Waals surface area contributed by atoms with Crippen molar-refractivity contribution in [3.8, 4) is 0 Å². The van der Waals surface area contributed by atoms with Gasteiger partial charge in [0.1, 0.15) is 0 Å². The lowest BCUT2D eigenvalue weighted by molar-refractivity contribution is 0.0533. The molecule has 0 saturated carbocycles. The highest BCUT2D eigenvalue weighted by Crippen LogP contribution is 2.26. The third-order valence-corrected chi connectivity index (χ3v) is 6.24. The molecular formula is C17H26N2O4S. The number of nitrogens with one attached hydrogen (secondary N) is 1. The first-order valence-electron chi connectivity index (χ1n) is 8.45. The molecule has 2 saturated heterocycles. The predicted molar refractivity (Wildman–Crippen MR) is 92.2 cm³/mol. The molecule has 2 fully saturated rings. The molecule has 0 unspecified atom stereocenters. The normalized spacial score (nSPS) is 30.0. The first kappa shape index (κ1) is 17.8. The Kier molecular flexibility index (Phi) is 5.89. The van der Waals surface area contributed by atoms with E-state index in [1.165, 1.54) is 0 Å². The van der Waals surface area contributed by atoms with Crippen molar-refractivity contribution in [2.24, 2.45) is 0 Å². The Balaban J connectivity index is 1.61. The minimum atomic E-state index is -3.23. The van der Waals surface area contributed by atoms with Crippen molar-refractivity contribution in [3.05, 3.63) is 35.9 Å². The Bertz CT molecular complexity index is 623. The molecule has 0 spiro atoms. The van der Waals surface area contributed by atoms with Crippen molar-refractivity contribution in [2.45, 2.75) is 37.6 Å². The summed E-state index contributed by atoms with van der Waals surface area (Å²) in [5.74, 6) is 0.145. The number of ether oxygens (including phenoxy) is 2. The van der Waals surface area contributed by atoms with E-state index in [0.29, 0.717) is 25.9 Å². The van der Waals surface area contributed by atoms with Crippen LogP contribution in [0.5, 0.6) is 0 Å². The van der Waals surface area contributed by atoms with E-state index in [-0.39, 0.29) is 17.8 Å². The molecule has 1 aromatic carbocycles. The number of hydrogen-bond acceptors (Lipinski definition) is 5. The molecule has 1 aromatic rings. The largest absolute Gasteiger partial charge is 0.383 e. The summed E-state index contributed by atoms with van der Waals surface area (Å²) in [6, 6.07) is 9.97. The van der Waals surface area contributed by atoms with Gasteiger partial charge in [-0.1, -0.05) is 30.3 Å². The van der Waals surface area contributed by atoms with Gasteiger partial charge in [-0.2, -0.15) is 0 Å². The number of methoxy groups -OCH3 is 1. The molecule has 0 radical (unpaired) electrons. The van der Waals surface area contributed by atoms with Gasteiger partial charge < -0.3 is 9.47 Å². The van der Waals surface area contributed by atoms with Gasteiger partial charge in [0.2, 0.25) is 10.0 Å². The molecule has 3 rings (SSSR count). The van der Waals surface area contributed by atoms with E-state index in [0.717, 1.165) is 24.9 Å². The zero-order valence-electron chi connectivity index (χ0n) is 14.1. The SMILES string of the molecule is COC[C@H]1CCCN1[C@H]1CS(=O)(=O)N[C@@H]1COCc1ccccc1. The number of sulfonamides is 1. The average Bonchev–Trinajstić information content (AvgIpc) is 3.12. The summed E-state index contributed by atoms with van der Waals surface area (Å²) in [6.45, 7) is 2.45. The second-order valence-electron chi connectivity index (χ2n) is 6.56. The zero-order chi connectivity index (χ0) is 17.0. The van der Waals surface area contributed by atoms with Gasteiger partial charge in [-0.25, -0.2) is 13.1 Å². The molecule has 0 aliphatic carbocycles. The Labute approximate surface area is 144 Å². The molecule has 134 valence electrons. The van der Waals surface area contributed by atoms with Gasteiger partial charge in [0.15, 0.2) is 0 Å². The summed E-state index contributed by atoms with van der Waals surface area (Å²) < 4.78 is 38.0. The Morgan fingerprint density at radius 1 is 1.25 bits per heavy atom. The van der Waals surface area contributed by atoms with Crippen LogP contribution in [-0.2, 0) is 26.1 Å². The molecule has 2 heterocycles. The van der Waals surface area contributed by atoms with Crippen molar-refractivity contribution < 1.29 is 17.9 Å². The maximum atomic E-state index is 12.1. The van der Waals surface area contributed by atoms with Crippen molar-refractivity contribution in [1.29, 1.82) is 0 Å². The van der Waals surface area contributed by atoms with E-state index >= 15 is 0 Å². The Morgan fingerprint density at radius 2 is 2.04 bits per heavy atom. The number of benzene rings is 1. The summed E-state index contributed by atoms with van der Waals surface area (Å²) in [5.41, 5.74) is 1.09. The standard InChI is InChI=1S/C17H26N2O4S/c1-22-11-15-8-5-9-19(15)17-13-24(20,21)18-16(17)12-23-10-14-6-3-2-4-7-14/h2-4,6-7,15-18H,5,8-13H2,1H3/t15-,16-,17+/m1/s1. The van der Waals surface area contributed by atoms with Crippen LogP contribution >= 0.6 is 0 Å². The van der Waals surface area contributed by atoms with Crippen molar-refractivity contribution >= 4 is 10.0 Å². The van der Waals surface area contributed by atoms with E-state index in [2.05, 4.69) is 9.62 Å². The summed E-state index contributed by atoms with van der Waals surface area (Å²) in [5, 5.41) is 0. The quantitative estimate of drug-likeness (QED) is 0.791. The van der Waals surface area contributed by atoms with Crippen LogP contribution < -0.4 is 4.72 Å². The fourth-order valence-corrected chi connectivity index (χ4v) is 5.37. The molecule has 24 heavy (non-hydrogen) atoms. The van der Waals surface area contributed by atoms with Crippen LogP contribution in [-0.4, -0.2) is 64.1 Å². The van der Waals surface area contributed by atoms with Crippen LogP contribution in [0.2, 0.25) is 0 Å². The van der Waals surface area contributed by atoms with E-state index < -0.39 is 10.0 Å². The maximum Gasteiger partial charge on any atom is 0.213 e. The predicted octanol–water partition coefficient (Wildman–Crippen LogP) is 0.984. The number of rotatable bonds is 7.